The molecule has 0 fully saturated rings. The molecule has 0 amide bonds. The Kier molecular flexibility index (Phi) is 6.58. The fourth-order valence-electron chi connectivity index (χ4n) is 1.75. The van der Waals surface area contributed by atoms with Crippen molar-refractivity contribution in [1.29, 1.82) is 0 Å². The Balaban J connectivity index is 2.79. The maximum Gasteiger partial charge on any atom is 0.243 e. The number of hydrogen-bond donors (Lipinski definition) is 2. The lowest BCUT2D eigenvalue weighted by molar-refractivity contribution is 0.256. The highest BCUT2D eigenvalue weighted by atomic mass is 79.9. The van der Waals surface area contributed by atoms with Gasteiger partial charge in [-0.2, -0.15) is 0 Å². The molecule has 0 spiro atoms. The van der Waals surface area contributed by atoms with Gasteiger partial charge in [-0.15, -0.1) is 0 Å². The first-order valence-electron chi connectivity index (χ1n) is 6.63. The van der Waals surface area contributed by atoms with Crippen LogP contribution < -0.4 is 10.5 Å². The van der Waals surface area contributed by atoms with E-state index in [9.17, 15) is 12.8 Å². The average molecular weight is 382 g/mol. The lowest BCUT2D eigenvalue weighted by atomic mass is 10.2. The van der Waals surface area contributed by atoms with Gasteiger partial charge in [0.05, 0.1) is 4.47 Å². The molecule has 1 aromatic rings. The SMILES string of the molecule is CCC(C)N(C)CCNS(=O)(=O)c1cc(N)cc(Br)c1F. The Morgan fingerprint density at radius 3 is 2.67 bits per heavy atom. The van der Waals surface area contributed by atoms with Gasteiger partial charge >= 0.3 is 0 Å². The molecule has 0 heterocycles. The van der Waals surface area contributed by atoms with Crippen molar-refractivity contribution in [3.63, 3.8) is 0 Å². The molecule has 0 aliphatic carbocycles. The van der Waals surface area contributed by atoms with Gasteiger partial charge in [0.1, 0.15) is 4.90 Å². The van der Waals surface area contributed by atoms with Crippen LogP contribution >= 0.6 is 15.9 Å². The molecule has 0 bridgehead atoms. The summed E-state index contributed by atoms with van der Waals surface area (Å²) in [6, 6.07) is 2.79. The second-order valence-electron chi connectivity index (χ2n) is 4.95. The summed E-state index contributed by atoms with van der Waals surface area (Å²) in [5.41, 5.74) is 5.74. The van der Waals surface area contributed by atoms with Crippen LogP contribution in [0.3, 0.4) is 0 Å². The van der Waals surface area contributed by atoms with E-state index in [1.807, 2.05) is 11.9 Å². The number of halogens is 2. The van der Waals surface area contributed by atoms with E-state index in [4.69, 9.17) is 5.73 Å². The molecule has 0 aromatic heterocycles. The smallest absolute Gasteiger partial charge is 0.243 e. The largest absolute Gasteiger partial charge is 0.399 e. The van der Waals surface area contributed by atoms with E-state index in [1.54, 1.807) is 0 Å². The van der Waals surface area contributed by atoms with Crippen LogP contribution in [0.4, 0.5) is 10.1 Å². The van der Waals surface area contributed by atoms with Crippen LogP contribution in [0.5, 0.6) is 0 Å². The van der Waals surface area contributed by atoms with Gasteiger partial charge in [0.2, 0.25) is 10.0 Å². The standard InChI is InChI=1S/C13H21BrFN3O2S/c1-4-9(2)18(3)6-5-17-21(19,20)12-8-10(16)7-11(14)13(12)15/h7-9,17H,4-6,16H2,1-3H3. The molecule has 3 N–H and O–H groups in total. The first-order valence-corrected chi connectivity index (χ1v) is 8.91. The number of nitrogens with one attached hydrogen (secondary N) is 1. The Labute approximate surface area is 133 Å². The van der Waals surface area contributed by atoms with Crippen molar-refractivity contribution in [3.8, 4) is 0 Å². The van der Waals surface area contributed by atoms with Crippen molar-refractivity contribution < 1.29 is 12.8 Å². The van der Waals surface area contributed by atoms with E-state index in [0.717, 1.165) is 12.5 Å². The van der Waals surface area contributed by atoms with Gasteiger partial charge < -0.3 is 10.6 Å². The maximum absolute atomic E-state index is 13.9. The van der Waals surface area contributed by atoms with Gasteiger partial charge in [-0.05, 0) is 48.5 Å². The highest BCUT2D eigenvalue weighted by molar-refractivity contribution is 9.10. The molecule has 0 radical (unpaired) electrons. The lowest BCUT2D eigenvalue weighted by Crippen LogP contribution is -2.37. The highest BCUT2D eigenvalue weighted by Crippen LogP contribution is 2.25. The minimum atomic E-state index is -3.93. The number of nitrogens with zero attached hydrogens (tertiary/aromatic N) is 1. The first kappa shape index (κ1) is 18.3. The minimum Gasteiger partial charge on any atom is -0.399 e. The van der Waals surface area contributed by atoms with Crippen LogP contribution in [0.1, 0.15) is 20.3 Å². The van der Waals surface area contributed by atoms with E-state index in [0.29, 0.717) is 12.6 Å². The second kappa shape index (κ2) is 7.53. The molecular formula is C13H21BrFN3O2S. The third-order valence-electron chi connectivity index (χ3n) is 3.41. The van der Waals surface area contributed by atoms with E-state index in [1.165, 1.54) is 6.07 Å². The third kappa shape index (κ3) is 4.91. The second-order valence-corrected chi connectivity index (χ2v) is 7.54. The summed E-state index contributed by atoms with van der Waals surface area (Å²) in [5, 5.41) is 0. The zero-order chi connectivity index (χ0) is 16.2. The molecule has 1 unspecified atom stereocenters. The maximum atomic E-state index is 13.9. The average Bonchev–Trinajstić information content (AvgIpc) is 2.41. The molecule has 0 aliphatic heterocycles. The lowest BCUT2D eigenvalue weighted by Gasteiger charge is -2.23. The van der Waals surface area contributed by atoms with E-state index >= 15 is 0 Å². The molecular weight excluding hydrogens is 361 g/mol. The molecule has 0 saturated heterocycles. The van der Waals surface area contributed by atoms with E-state index < -0.39 is 20.7 Å². The summed E-state index contributed by atoms with van der Waals surface area (Å²) in [6.07, 6.45) is 0.972. The van der Waals surface area contributed by atoms with Crippen LogP contribution in [0.15, 0.2) is 21.5 Å². The van der Waals surface area contributed by atoms with Crippen molar-refractivity contribution in [2.45, 2.75) is 31.2 Å². The number of hydrogen-bond acceptors (Lipinski definition) is 4. The summed E-state index contributed by atoms with van der Waals surface area (Å²) in [6.45, 7) is 4.86. The minimum absolute atomic E-state index is 0.0274. The Morgan fingerprint density at radius 1 is 1.48 bits per heavy atom. The summed E-state index contributed by atoms with van der Waals surface area (Å²) in [4.78, 5) is 1.59. The number of sulfonamides is 1. The summed E-state index contributed by atoms with van der Waals surface area (Å²) in [7, 11) is -2.01. The van der Waals surface area contributed by atoms with Crippen molar-refractivity contribution in [2.24, 2.45) is 0 Å². The van der Waals surface area contributed by atoms with Crippen LogP contribution in [-0.4, -0.2) is 39.5 Å². The fourth-order valence-corrected chi connectivity index (χ4v) is 3.51. The molecule has 8 heteroatoms. The van der Waals surface area contributed by atoms with Gasteiger partial charge in [0.15, 0.2) is 5.82 Å². The molecule has 120 valence electrons. The molecule has 21 heavy (non-hydrogen) atoms. The van der Waals surface area contributed by atoms with Gasteiger partial charge in [-0.1, -0.05) is 6.92 Å². The van der Waals surface area contributed by atoms with Gasteiger partial charge in [-0.25, -0.2) is 17.5 Å². The predicted molar refractivity (Wildman–Crippen MR) is 86.1 cm³/mol. The number of benzene rings is 1. The number of nitrogen functional groups attached to an aromatic ring is 1. The highest BCUT2D eigenvalue weighted by Gasteiger charge is 2.21. The van der Waals surface area contributed by atoms with Crippen LogP contribution in [-0.2, 0) is 10.0 Å². The molecule has 1 aromatic carbocycles. The van der Waals surface area contributed by atoms with Crippen LogP contribution in [0, 0.1) is 5.82 Å². The number of anilines is 1. The van der Waals surface area contributed by atoms with Crippen molar-refractivity contribution in [3.05, 3.63) is 22.4 Å². The molecule has 1 atom stereocenters. The number of likely N-dealkylation sites (N-methyl/N-ethyl adjacent to an activating group) is 1. The summed E-state index contributed by atoms with van der Waals surface area (Å²) < 4.78 is 40.6. The van der Waals surface area contributed by atoms with Crippen LogP contribution in [0.2, 0.25) is 0 Å². The first-order chi connectivity index (χ1) is 9.69. The number of rotatable bonds is 7. The van der Waals surface area contributed by atoms with Crippen LogP contribution in [0.25, 0.3) is 0 Å². The normalized spacial score (nSPS) is 13.6. The summed E-state index contributed by atoms with van der Waals surface area (Å²) in [5.74, 6) is -0.841. The van der Waals surface area contributed by atoms with E-state index in [2.05, 4.69) is 34.5 Å². The zero-order valence-electron chi connectivity index (χ0n) is 12.4. The van der Waals surface area contributed by atoms with Gasteiger partial charge in [0.25, 0.3) is 0 Å². The Bertz CT molecular complexity index is 595. The summed E-state index contributed by atoms with van der Waals surface area (Å²) >= 11 is 2.95. The molecule has 0 aliphatic rings. The van der Waals surface area contributed by atoms with Crippen molar-refractivity contribution in [1.82, 2.24) is 9.62 Å². The van der Waals surface area contributed by atoms with Crippen molar-refractivity contribution in [2.75, 3.05) is 25.9 Å². The quantitative estimate of drug-likeness (QED) is 0.709. The fraction of sp³-hybridized carbons (Fsp3) is 0.538. The van der Waals surface area contributed by atoms with Gasteiger partial charge in [-0.3, -0.25) is 0 Å². The van der Waals surface area contributed by atoms with E-state index in [-0.39, 0.29) is 16.7 Å². The molecule has 1 rings (SSSR count). The predicted octanol–water partition coefficient (Wildman–Crippen LogP) is 2.18. The molecule has 0 saturated carbocycles. The van der Waals surface area contributed by atoms with Gasteiger partial charge in [0, 0.05) is 24.8 Å². The Hall–Kier alpha value is -0.700. The van der Waals surface area contributed by atoms with Crippen molar-refractivity contribution >= 4 is 31.6 Å². The monoisotopic (exact) mass is 381 g/mol. The number of nitrogens with two attached hydrogens (primary N) is 1. The molecule has 5 nitrogen and oxygen atoms in total. The topological polar surface area (TPSA) is 75.4 Å². The third-order valence-corrected chi connectivity index (χ3v) is 5.44. The zero-order valence-corrected chi connectivity index (χ0v) is 14.8. The Morgan fingerprint density at radius 2 is 2.10 bits per heavy atom.